The predicted molar refractivity (Wildman–Crippen MR) is 202 cm³/mol. The highest BCUT2D eigenvalue weighted by molar-refractivity contribution is 7.90. The molecule has 1 N–H and O–H groups in total. The minimum atomic E-state index is -3.98. The second kappa shape index (κ2) is 15.1. The van der Waals surface area contributed by atoms with Gasteiger partial charge in [-0.05, 0) is 117 Å². The second-order valence-electron chi connectivity index (χ2n) is 16.1. The number of nitrogens with zero attached hydrogens (tertiary/aromatic N) is 2. The molecule has 6 rings (SSSR count). The average molecular weight is 740 g/mol. The molecule has 11 heteroatoms. The molecule has 2 heterocycles. The van der Waals surface area contributed by atoms with Gasteiger partial charge in [0, 0.05) is 43.2 Å². The molecule has 1 fully saturated rings. The van der Waals surface area contributed by atoms with Gasteiger partial charge in [-0.2, -0.15) is 0 Å². The maximum atomic E-state index is 13.6. The van der Waals surface area contributed by atoms with Crippen LogP contribution in [0.5, 0.6) is 5.75 Å². The largest absolute Gasteiger partial charge is 0.490 e. The third kappa shape index (κ3) is 7.98. The Morgan fingerprint density at radius 3 is 2.65 bits per heavy atom. The highest BCUT2D eigenvalue weighted by Crippen LogP contribution is 2.47. The molecule has 7 atom stereocenters. The number of fused-ring (bicyclic) bond motifs is 4. The van der Waals surface area contributed by atoms with Crippen LogP contribution in [0.15, 0.2) is 48.6 Å². The molecule has 2 aliphatic heterocycles. The van der Waals surface area contributed by atoms with E-state index in [-0.39, 0.29) is 46.7 Å². The van der Waals surface area contributed by atoms with Crippen LogP contribution in [-0.4, -0.2) is 76.4 Å². The lowest BCUT2D eigenvalue weighted by molar-refractivity contribution is -0.149. The SMILES string of the molecule is CC(C)C[C@@H](O[C@H]1/C=C\C[C@H](C)[C@@H](C)S(=O)(=O)NC(=O)c2ccc3c(c2)N(C[C@@H]2CC[C@H]21)C[C@@]1(CCCc2cc(Cl)ccc21)CO3)C(=O)N(C)C. The molecule has 278 valence electrons. The van der Waals surface area contributed by atoms with Crippen LogP contribution in [0, 0.1) is 23.7 Å². The summed E-state index contributed by atoms with van der Waals surface area (Å²) in [5.41, 5.74) is 3.25. The monoisotopic (exact) mass is 739 g/mol. The molecule has 0 radical (unpaired) electrons. The van der Waals surface area contributed by atoms with Crippen molar-refractivity contribution >= 4 is 39.1 Å². The zero-order valence-electron chi connectivity index (χ0n) is 30.9. The normalized spacial score (nSPS) is 30.2. The smallest absolute Gasteiger partial charge is 0.264 e. The van der Waals surface area contributed by atoms with Gasteiger partial charge in [-0.25, -0.2) is 13.1 Å². The summed E-state index contributed by atoms with van der Waals surface area (Å²) in [6.45, 7) is 9.58. The van der Waals surface area contributed by atoms with Gasteiger partial charge in [-0.3, -0.25) is 9.59 Å². The number of carbonyl (C=O) groups is 2. The topological polar surface area (TPSA) is 105 Å². The minimum Gasteiger partial charge on any atom is -0.490 e. The Morgan fingerprint density at radius 1 is 1.16 bits per heavy atom. The molecule has 1 saturated carbocycles. The van der Waals surface area contributed by atoms with Crippen molar-refractivity contribution in [3.05, 3.63) is 70.3 Å². The maximum Gasteiger partial charge on any atom is 0.264 e. The van der Waals surface area contributed by atoms with Gasteiger partial charge in [-0.15, -0.1) is 0 Å². The van der Waals surface area contributed by atoms with Gasteiger partial charge in [0.25, 0.3) is 11.8 Å². The van der Waals surface area contributed by atoms with Gasteiger partial charge in [0.15, 0.2) is 0 Å². The Kier molecular flexibility index (Phi) is 11.2. The first-order chi connectivity index (χ1) is 24.2. The molecule has 4 aliphatic rings. The number of carbonyl (C=O) groups excluding carboxylic acids is 2. The minimum absolute atomic E-state index is 0.0481. The molecule has 2 bridgehead atoms. The lowest BCUT2D eigenvalue weighted by Crippen LogP contribution is -2.50. The molecular weight excluding hydrogens is 686 g/mol. The van der Waals surface area contributed by atoms with Gasteiger partial charge in [0.05, 0.1) is 23.6 Å². The molecular formula is C40H54ClN3O6S. The van der Waals surface area contributed by atoms with E-state index in [0.717, 1.165) is 42.8 Å². The van der Waals surface area contributed by atoms with E-state index in [9.17, 15) is 18.0 Å². The number of hydrogen-bond donors (Lipinski definition) is 1. The van der Waals surface area contributed by atoms with Crippen LogP contribution in [0.2, 0.25) is 5.02 Å². The number of benzene rings is 2. The van der Waals surface area contributed by atoms with E-state index in [1.807, 2.05) is 19.1 Å². The van der Waals surface area contributed by atoms with Gasteiger partial charge >= 0.3 is 0 Å². The molecule has 1 spiro atoms. The van der Waals surface area contributed by atoms with Gasteiger partial charge < -0.3 is 19.3 Å². The molecule has 0 unspecified atom stereocenters. The molecule has 2 aliphatic carbocycles. The molecule has 2 amide bonds. The summed E-state index contributed by atoms with van der Waals surface area (Å²) in [4.78, 5) is 30.9. The number of halogens is 1. The number of allylic oxidation sites excluding steroid dienone is 1. The number of likely N-dealkylation sites (N-methyl/N-ethyl adjacent to an activating group) is 1. The maximum absolute atomic E-state index is 13.6. The van der Waals surface area contributed by atoms with Crippen molar-refractivity contribution < 1.29 is 27.5 Å². The van der Waals surface area contributed by atoms with E-state index in [1.165, 1.54) is 11.1 Å². The van der Waals surface area contributed by atoms with Crippen molar-refractivity contribution in [1.82, 2.24) is 9.62 Å². The van der Waals surface area contributed by atoms with Crippen molar-refractivity contribution in [1.29, 1.82) is 0 Å². The summed E-state index contributed by atoms with van der Waals surface area (Å²) in [5, 5.41) is -0.0953. The first kappa shape index (κ1) is 37.7. The fourth-order valence-corrected chi connectivity index (χ4v) is 9.89. The van der Waals surface area contributed by atoms with E-state index >= 15 is 0 Å². The Morgan fingerprint density at radius 2 is 1.94 bits per heavy atom. The van der Waals surface area contributed by atoms with E-state index in [4.69, 9.17) is 21.1 Å². The second-order valence-corrected chi connectivity index (χ2v) is 18.5. The van der Waals surface area contributed by atoms with Crippen LogP contribution in [0.3, 0.4) is 0 Å². The number of rotatable bonds is 5. The first-order valence-electron chi connectivity index (χ1n) is 18.6. The zero-order chi connectivity index (χ0) is 36.7. The van der Waals surface area contributed by atoms with E-state index in [0.29, 0.717) is 38.3 Å². The van der Waals surface area contributed by atoms with Gasteiger partial charge in [0.1, 0.15) is 11.9 Å². The number of hydrogen-bond acceptors (Lipinski definition) is 7. The number of aryl methyl sites for hydroxylation is 1. The summed E-state index contributed by atoms with van der Waals surface area (Å²) >= 11 is 6.47. The van der Waals surface area contributed by atoms with Crippen molar-refractivity contribution in [3.8, 4) is 5.75 Å². The highest BCUT2D eigenvalue weighted by atomic mass is 35.5. The summed E-state index contributed by atoms with van der Waals surface area (Å²) < 4.78 is 42.8. The molecule has 2 aromatic rings. The summed E-state index contributed by atoms with van der Waals surface area (Å²) in [6, 6.07) is 11.4. The van der Waals surface area contributed by atoms with E-state index in [1.54, 1.807) is 44.1 Å². The number of sulfonamides is 1. The number of nitrogens with one attached hydrogen (secondary N) is 1. The van der Waals surface area contributed by atoms with Crippen LogP contribution in [-0.2, 0) is 31.4 Å². The quantitative estimate of drug-likeness (QED) is 0.338. The number of amides is 2. The number of anilines is 1. The van der Waals surface area contributed by atoms with Crippen molar-refractivity contribution in [3.63, 3.8) is 0 Å². The summed E-state index contributed by atoms with van der Waals surface area (Å²) in [6.07, 6.45) is 9.13. The van der Waals surface area contributed by atoms with Crippen LogP contribution < -0.4 is 14.4 Å². The van der Waals surface area contributed by atoms with Gasteiger partial charge in [-0.1, -0.05) is 50.6 Å². The summed E-state index contributed by atoms with van der Waals surface area (Å²) in [7, 11) is -0.450. The molecule has 2 aromatic carbocycles. The van der Waals surface area contributed by atoms with Crippen LogP contribution in [0.1, 0.15) is 87.7 Å². The van der Waals surface area contributed by atoms with Crippen molar-refractivity contribution in [2.24, 2.45) is 23.7 Å². The number of ether oxygens (including phenoxy) is 2. The van der Waals surface area contributed by atoms with E-state index < -0.39 is 27.3 Å². The zero-order valence-corrected chi connectivity index (χ0v) is 32.4. The average Bonchev–Trinajstić information content (AvgIpc) is 3.21. The Labute approximate surface area is 309 Å². The lowest BCUT2D eigenvalue weighted by atomic mass is 9.68. The van der Waals surface area contributed by atoms with Crippen LogP contribution >= 0.6 is 11.6 Å². The van der Waals surface area contributed by atoms with Crippen molar-refractivity contribution in [2.75, 3.05) is 38.7 Å². The van der Waals surface area contributed by atoms with Crippen LogP contribution in [0.25, 0.3) is 0 Å². The summed E-state index contributed by atoms with van der Waals surface area (Å²) in [5.74, 6) is 0.385. The Hall–Kier alpha value is -3.08. The highest BCUT2D eigenvalue weighted by Gasteiger charge is 2.45. The molecule has 51 heavy (non-hydrogen) atoms. The standard InChI is InChI=1S/C40H54ClN3O6S/c1-25(2)19-37(39(46)43(5)6)50-35-11-7-9-26(3)27(4)51(47,48)42-38(45)29-13-17-36-34(21-29)44(22-30-12-15-32(30)35)23-40(24-49-36)18-8-10-28-20-31(41)14-16-33(28)40/h7,11,13-14,16-17,20-21,25-27,30,32,35,37H,8-10,12,15,18-19,22-24H2,1-6H3,(H,42,45)/b11-7-/t26-,27+,30-,32+,35-,37+,40-/m0/s1. The predicted octanol–water partition coefficient (Wildman–Crippen LogP) is 6.77. The van der Waals surface area contributed by atoms with E-state index in [2.05, 4.69) is 41.7 Å². The third-order valence-corrected chi connectivity index (χ3v) is 13.9. The van der Waals surface area contributed by atoms with Crippen molar-refractivity contribution in [2.45, 2.75) is 95.5 Å². The van der Waals surface area contributed by atoms with Gasteiger partial charge in [0.2, 0.25) is 10.0 Å². The first-order valence-corrected chi connectivity index (χ1v) is 20.5. The molecule has 0 aromatic heterocycles. The third-order valence-electron chi connectivity index (χ3n) is 11.7. The fraction of sp³-hybridized carbons (Fsp3) is 0.600. The Balaban J connectivity index is 1.42. The molecule has 9 nitrogen and oxygen atoms in total. The lowest BCUT2D eigenvalue weighted by Gasteiger charge is -2.46. The Bertz CT molecular complexity index is 1760. The van der Waals surface area contributed by atoms with Crippen LogP contribution in [0.4, 0.5) is 5.69 Å². The molecule has 0 saturated heterocycles. The fourth-order valence-electron chi connectivity index (χ4n) is 8.41.